The molecule has 1 saturated heterocycles. The number of hydrogen-bond donors (Lipinski definition) is 3. The van der Waals surface area contributed by atoms with Crippen molar-refractivity contribution in [2.24, 2.45) is 5.92 Å². The monoisotopic (exact) mass is 575 g/mol. The van der Waals surface area contributed by atoms with Crippen molar-refractivity contribution in [1.82, 2.24) is 10.2 Å². The molecule has 1 heterocycles. The van der Waals surface area contributed by atoms with Gasteiger partial charge in [0.1, 0.15) is 5.60 Å². The molecular formula is C31H37N5O6. The standard InChI is InChI=1S/C31H37N5O6/c1-31(2,3)42-30(39)33-24(16-20-10-11-21-7-4-5-8-22(21)15-20)17-28(37)35-14-6-9-23(19-35)29(38)34-27-13-12-25(36(40)41)18-26(27)32/h4-5,7-8,10-13,15,18,23-24H,6,9,14,16-17,19,32H2,1-3H3,(H,33,39)(H,34,38)/t23-,24-/m1/s1. The largest absolute Gasteiger partial charge is 0.444 e. The number of piperidine rings is 1. The van der Waals surface area contributed by atoms with Gasteiger partial charge in [-0.3, -0.25) is 19.7 Å². The number of hydrogen-bond acceptors (Lipinski definition) is 7. The van der Waals surface area contributed by atoms with E-state index in [2.05, 4.69) is 16.7 Å². The number of amides is 3. The average molecular weight is 576 g/mol. The molecular weight excluding hydrogens is 538 g/mol. The third-order valence-corrected chi connectivity index (χ3v) is 7.09. The number of nitrogens with zero attached hydrogens (tertiary/aromatic N) is 2. The molecule has 2 atom stereocenters. The average Bonchev–Trinajstić information content (AvgIpc) is 2.92. The molecule has 42 heavy (non-hydrogen) atoms. The Balaban J connectivity index is 1.43. The molecule has 3 aromatic carbocycles. The van der Waals surface area contributed by atoms with Crippen molar-refractivity contribution in [1.29, 1.82) is 0 Å². The Bertz CT molecular complexity index is 1480. The molecule has 3 aromatic rings. The first-order valence-corrected chi connectivity index (χ1v) is 14.0. The number of likely N-dealkylation sites (tertiary alicyclic amines) is 1. The maximum atomic E-state index is 13.5. The fourth-order valence-electron chi connectivity index (χ4n) is 5.07. The zero-order valence-corrected chi connectivity index (χ0v) is 24.1. The van der Waals surface area contributed by atoms with Gasteiger partial charge in [-0.05, 0) is 62.4 Å². The van der Waals surface area contributed by atoms with Crippen LogP contribution in [0, 0.1) is 16.0 Å². The van der Waals surface area contributed by atoms with Gasteiger partial charge in [0.15, 0.2) is 0 Å². The Labute approximate surface area is 244 Å². The number of nitrogens with two attached hydrogens (primary N) is 1. The summed E-state index contributed by atoms with van der Waals surface area (Å²) in [6.45, 7) is 6.04. The molecule has 0 saturated carbocycles. The summed E-state index contributed by atoms with van der Waals surface area (Å²) in [6.07, 6.45) is 1.08. The molecule has 11 heteroatoms. The summed E-state index contributed by atoms with van der Waals surface area (Å²) in [6, 6.07) is 17.4. The SMILES string of the molecule is CC(C)(C)OC(=O)N[C@@H](CC(=O)N1CCC[C@@H](C(=O)Nc2ccc([N+](=O)[O-])cc2N)C1)Cc1ccc2ccccc2c1. The summed E-state index contributed by atoms with van der Waals surface area (Å²) in [5.74, 6) is -0.966. The summed E-state index contributed by atoms with van der Waals surface area (Å²) in [4.78, 5) is 51.3. The summed E-state index contributed by atoms with van der Waals surface area (Å²) >= 11 is 0. The Morgan fingerprint density at radius 2 is 1.83 bits per heavy atom. The molecule has 222 valence electrons. The van der Waals surface area contributed by atoms with Gasteiger partial charge >= 0.3 is 6.09 Å². The minimum atomic E-state index is -0.692. The number of nitro benzene ring substituents is 1. The van der Waals surface area contributed by atoms with Crippen LogP contribution in [0.1, 0.15) is 45.6 Å². The molecule has 1 aliphatic heterocycles. The lowest BCUT2D eigenvalue weighted by Crippen LogP contribution is -2.47. The van der Waals surface area contributed by atoms with Crippen molar-refractivity contribution >= 4 is 45.7 Å². The number of nitrogen functional groups attached to an aromatic ring is 1. The molecule has 0 bridgehead atoms. The van der Waals surface area contributed by atoms with Gasteiger partial charge in [-0.1, -0.05) is 42.5 Å². The highest BCUT2D eigenvalue weighted by Crippen LogP contribution is 2.26. The second-order valence-electron chi connectivity index (χ2n) is 11.6. The zero-order chi connectivity index (χ0) is 30.4. The van der Waals surface area contributed by atoms with E-state index in [-0.39, 0.29) is 41.8 Å². The van der Waals surface area contributed by atoms with Crippen molar-refractivity contribution in [2.75, 3.05) is 24.1 Å². The highest BCUT2D eigenvalue weighted by Gasteiger charge is 2.31. The van der Waals surface area contributed by atoms with Crippen LogP contribution in [0.25, 0.3) is 10.8 Å². The summed E-state index contributed by atoms with van der Waals surface area (Å²) in [5, 5.41) is 18.8. The normalized spacial score (nSPS) is 16.0. The van der Waals surface area contributed by atoms with E-state index in [0.29, 0.717) is 25.8 Å². The molecule has 4 rings (SSSR count). The third kappa shape index (κ3) is 8.18. The number of fused-ring (bicyclic) bond motifs is 1. The van der Waals surface area contributed by atoms with Crippen LogP contribution < -0.4 is 16.4 Å². The van der Waals surface area contributed by atoms with Crippen molar-refractivity contribution in [3.63, 3.8) is 0 Å². The summed E-state index contributed by atoms with van der Waals surface area (Å²) < 4.78 is 5.46. The van der Waals surface area contributed by atoms with Crippen LogP contribution in [-0.4, -0.2) is 52.5 Å². The van der Waals surface area contributed by atoms with Gasteiger partial charge in [-0.25, -0.2) is 4.79 Å². The predicted molar refractivity (Wildman–Crippen MR) is 161 cm³/mol. The van der Waals surface area contributed by atoms with E-state index < -0.39 is 28.6 Å². The van der Waals surface area contributed by atoms with Crippen molar-refractivity contribution in [3.05, 3.63) is 76.3 Å². The molecule has 3 amide bonds. The molecule has 0 aliphatic carbocycles. The van der Waals surface area contributed by atoms with E-state index in [9.17, 15) is 24.5 Å². The van der Waals surface area contributed by atoms with Crippen molar-refractivity contribution < 1.29 is 24.0 Å². The van der Waals surface area contributed by atoms with Gasteiger partial charge < -0.3 is 26.0 Å². The van der Waals surface area contributed by atoms with Gasteiger partial charge in [0, 0.05) is 37.7 Å². The van der Waals surface area contributed by atoms with Crippen molar-refractivity contribution in [2.45, 2.75) is 58.1 Å². The van der Waals surface area contributed by atoms with E-state index in [1.807, 2.05) is 36.4 Å². The second kappa shape index (κ2) is 12.9. The minimum absolute atomic E-state index is 0.0374. The molecule has 0 spiro atoms. The van der Waals surface area contributed by atoms with E-state index >= 15 is 0 Å². The second-order valence-corrected chi connectivity index (χ2v) is 11.6. The van der Waals surface area contributed by atoms with Gasteiger partial charge in [0.05, 0.1) is 22.2 Å². The number of non-ortho nitro benzene ring substituents is 1. The van der Waals surface area contributed by atoms with Gasteiger partial charge in [0.2, 0.25) is 11.8 Å². The molecule has 0 aromatic heterocycles. The van der Waals surface area contributed by atoms with Crippen LogP contribution in [0.4, 0.5) is 21.9 Å². The molecule has 0 unspecified atom stereocenters. The van der Waals surface area contributed by atoms with Crippen LogP contribution >= 0.6 is 0 Å². The van der Waals surface area contributed by atoms with Crippen LogP contribution in [-0.2, 0) is 20.7 Å². The quantitative estimate of drug-likeness (QED) is 0.193. The first kappa shape index (κ1) is 30.3. The van der Waals surface area contributed by atoms with E-state index in [1.165, 1.54) is 18.2 Å². The lowest BCUT2D eigenvalue weighted by molar-refractivity contribution is -0.384. The first-order chi connectivity index (χ1) is 19.9. The summed E-state index contributed by atoms with van der Waals surface area (Å²) in [5.41, 5.74) is 6.39. The van der Waals surface area contributed by atoms with E-state index in [1.54, 1.807) is 25.7 Å². The number of carbonyl (C=O) groups is 3. The fraction of sp³-hybridized carbons (Fsp3) is 0.387. The number of nitro groups is 1. The highest BCUT2D eigenvalue weighted by molar-refractivity contribution is 5.96. The molecule has 11 nitrogen and oxygen atoms in total. The Morgan fingerprint density at radius 1 is 1.10 bits per heavy atom. The minimum Gasteiger partial charge on any atom is -0.444 e. The van der Waals surface area contributed by atoms with Crippen LogP contribution in [0.3, 0.4) is 0 Å². The number of carbonyl (C=O) groups excluding carboxylic acids is 3. The topological polar surface area (TPSA) is 157 Å². The lowest BCUT2D eigenvalue weighted by atomic mass is 9.95. The number of ether oxygens (including phenoxy) is 1. The fourth-order valence-corrected chi connectivity index (χ4v) is 5.07. The number of benzene rings is 3. The number of anilines is 2. The highest BCUT2D eigenvalue weighted by atomic mass is 16.6. The van der Waals surface area contributed by atoms with Gasteiger partial charge in [-0.15, -0.1) is 0 Å². The zero-order valence-electron chi connectivity index (χ0n) is 24.1. The van der Waals surface area contributed by atoms with E-state index in [4.69, 9.17) is 10.5 Å². The smallest absolute Gasteiger partial charge is 0.407 e. The molecule has 4 N–H and O–H groups in total. The number of alkyl carbamates (subject to hydrolysis) is 1. The number of rotatable bonds is 8. The number of nitrogens with one attached hydrogen (secondary N) is 2. The van der Waals surface area contributed by atoms with Crippen LogP contribution in [0.2, 0.25) is 0 Å². The molecule has 1 fully saturated rings. The molecule has 0 radical (unpaired) electrons. The Hall–Kier alpha value is -4.67. The predicted octanol–water partition coefficient (Wildman–Crippen LogP) is 5.03. The molecule has 1 aliphatic rings. The van der Waals surface area contributed by atoms with Crippen LogP contribution in [0.5, 0.6) is 0 Å². The van der Waals surface area contributed by atoms with Crippen molar-refractivity contribution in [3.8, 4) is 0 Å². The Morgan fingerprint density at radius 3 is 2.52 bits per heavy atom. The lowest BCUT2D eigenvalue weighted by Gasteiger charge is -2.33. The first-order valence-electron chi connectivity index (χ1n) is 14.0. The maximum absolute atomic E-state index is 13.5. The Kier molecular flexibility index (Phi) is 9.29. The van der Waals surface area contributed by atoms with Gasteiger partial charge in [0.25, 0.3) is 5.69 Å². The third-order valence-electron chi connectivity index (χ3n) is 7.09. The van der Waals surface area contributed by atoms with Crippen LogP contribution in [0.15, 0.2) is 60.7 Å². The van der Waals surface area contributed by atoms with E-state index in [0.717, 1.165) is 16.3 Å². The maximum Gasteiger partial charge on any atom is 0.407 e. The van der Waals surface area contributed by atoms with Gasteiger partial charge in [-0.2, -0.15) is 0 Å². The summed E-state index contributed by atoms with van der Waals surface area (Å²) in [7, 11) is 0.